The average molecular weight is 319 g/mol. The Bertz CT molecular complexity index is 516. The topological polar surface area (TPSA) is 36.4 Å². The van der Waals surface area contributed by atoms with Crippen LogP contribution in [0.4, 0.5) is 0 Å². The Kier molecular flexibility index (Phi) is 5.37. The Labute approximate surface area is 137 Å². The molecule has 3 rings (SSSR count). The zero-order valence-electron chi connectivity index (χ0n) is 13.3. The lowest BCUT2D eigenvalue weighted by Gasteiger charge is -2.28. The highest BCUT2D eigenvalue weighted by molar-refractivity contribution is 7.99. The molecule has 4 nitrogen and oxygen atoms in total. The van der Waals surface area contributed by atoms with Crippen molar-refractivity contribution in [2.24, 2.45) is 0 Å². The molecule has 2 saturated heterocycles. The molecular formula is C17H25N3OS. The molecule has 1 atom stereocenters. The minimum absolute atomic E-state index is 0.182. The lowest BCUT2D eigenvalue weighted by atomic mass is 10.2. The maximum Gasteiger partial charge on any atom is 0.254 e. The molecule has 1 amide bonds. The first-order chi connectivity index (χ1) is 10.8. The summed E-state index contributed by atoms with van der Waals surface area (Å²) in [5.41, 5.74) is 0.791. The molecule has 22 heavy (non-hydrogen) atoms. The fourth-order valence-electron chi connectivity index (χ4n) is 3.49. The Hall–Kier alpha value is -1.07. The molecule has 2 aliphatic heterocycles. The van der Waals surface area contributed by atoms with Crippen LogP contribution in [-0.2, 0) is 0 Å². The van der Waals surface area contributed by atoms with Crippen molar-refractivity contribution in [2.45, 2.75) is 43.7 Å². The number of hydrogen-bond donors (Lipinski definition) is 0. The van der Waals surface area contributed by atoms with Crippen LogP contribution in [0.3, 0.4) is 0 Å². The summed E-state index contributed by atoms with van der Waals surface area (Å²) in [6.45, 7) is 6.45. The van der Waals surface area contributed by atoms with E-state index in [1.165, 1.54) is 25.9 Å². The van der Waals surface area contributed by atoms with E-state index in [2.05, 4.69) is 21.7 Å². The number of carbonyl (C=O) groups excluding carboxylic acids is 1. The Morgan fingerprint density at radius 1 is 1.32 bits per heavy atom. The van der Waals surface area contributed by atoms with Crippen molar-refractivity contribution in [3.63, 3.8) is 0 Å². The molecular weight excluding hydrogens is 294 g/mol. The molecule has 0 N–H and O–H groups in total. The predicted molar refractivity (Wildman–Crippen MR) is 90.4 cm³/mol. The van der Waals surface area contributed by atoms with E-state index in [1.54, 1.807) is 18.0 Å². The summed E-state index contributed by atoms with van der Waals surface area (Å²) < 4.78 is 0. The van der Waals surface area contributed by atoms with Crippen LogP contribution in [0.25, 0.3) is 0 Å². The van der Waals surface area contributed by atoms with E-state index in [1.807, 2.05) is 12.1 Å². The van der Waals surface area contributed by atoms with Gasteiger partial charge < -0.3 is 9.80 Å². The molecule has 2 fully saturated rings. The number of carbonyl (C=O) groups is 1. The Balaban J connectivity index is 1.68. The summed E-state index contributed by atoms with van der Waals surface area (Å²) in [5, 5.41) is 0.948. The normalized spacial score (nSPS) is 22.4. The van der Waals surface area contributed by atoms with E-state index >= 15 is 0 Å². The molecule has 0 bridgehead atoms. The number of pyridine rings is 1. The largest absolute Gasteiger partial charge is 0.334 e. The van der Waals surface area contributed by atoms with Crippen molar-refractivity contribution in [1.82, 2.24) is 14.8 Å². The molecule has 0 radical (unpaired) electrons. The second kappa shape index (κ2) is 7.47. The molecule has 5 heteroatoms. The van der Waals surface area contributed by atoms with Crippen LogP contribution < -0.4 is 0 Å². The molecule has 0 spiro atoms. The second-order valence-electron chi connectivity index (χ2n) is 6.12. The van der Waals surface area contributed by atoms with E-state index in [-0.39, 0.29) is 5.91 Å². The second-order valence-corrected chi connectivity index (χ2v) is 7.40. The number of thioether (sulfide) groups is 1. The molecule has 2 aliphatic rings. The number of rotatable bonds is 5. The molecule has 1 aromatic heterocycles. The Morgan fingerprint density at radius 3 is 2.91 bits per heavy atom. The van der Waals surface area contributed by atoms with E-state index in [9.17, 15) is 4.79 Å². The third-order valence-electron chi connectivity index (χ3n) is 4.58. The average Bonchev–Trinajstić information content (AvgIpc) is 3.19. The molecule has 0 aliphatic carbocycles. The SMILES string of the molecule is CCSc1cc(C(=O)N2CCC[C@H]2CN2CCCC2)ccn1. The summed E-state index contributed by atoms with van der Waals surface area (Å²) in [6.07, 6.45) is 6.65. The standard InChI is InChI=1S/C17H25N3OS/c1-2-22-16-12-14(7-8-18-16)17(21)20-11-5-6-15(20)13-19-9-3-4-10-19/h7-8,12,15H,2-6,9-11,13H2,1H3/t15-/m0/s1. The first kappa shape index (κ1) is 15.8. The fraction of sp³-hybridized carbons (Fsp3) is 0.647. The van der Waals surface area contributed by atoms with Crippen LogP contribution in [0.1, 0.15) is 43.0 Å². The van der Waals surface area contributed by atoms with Crippen LogP contribution in [0.5, 0.6) is 0 Å². The number of likely N-dealkylation sites (tertiary alicyclic amines) is 2. The number of hydrogen-bond acceptors (Lipinski definition) is 4. The van der Waals surface area contributed by atoms with Gasteiger partial charge in [-0.3, -0.25) is 4.79 Å². The van der Waals surface area contributed by atoms with E-state index in [4.69, 9.17) is 0 Å². The van der Waals surface area contributed by atoms with Crippen LogP contribution in [0, 0.1) is 0 Å². The van der Waals surface area contributed by atoms with Gasteiger partial charge in [0.05, 0.1) is 5.03 Å². The minimum atomic E-state index is 0.182. The highest BCUT2D eigenvalue weighted by atomic mass is 32.2. The maximum atomic E-state index is 12.9. The van der Waals surface area contributed by atoms with Crippen LogP contribution in [0.15, 0.2) is 23.4 Å². The molecule has 1 aromatic rings. The van der Waals surface area contributed by atoms with Gasteiger partial charge in [0.2, 0.25) is 0 Å². The van der Waals surface area contributed by atoms with Gasteiger partial charge in [0.1, 0.15) is 0 Å². The highest BCUT2D eigenvalue weighted by Gasteiger charge is 2.31. The van der Waals surface area contributed by atoms with Gasteiger partial charge in [-0.2, -0.15) is 0 Å². The molecule has 120 valence electrons. The molecule has 0 unspecified atom stereocenters. The zero-order chi connectivity index (χ0) is 15.4. The van der Waals surface area contributed by atoms with Gasteiger partial charge in [0.25, 0.3) is 5.91 Å². The molecule has 3 heterocycles. The van der Waals surface area contributed by atoms with Gasteiger partial charge in [-0.05, 0) is 56.7 Å². The lowest BCUT2D eigenvalue weighted by Crippen LogP contribution is -2.42. The lowest BCUT2D eigenvalue weighted by molar-refractivity contribution is 0.0708. The van der Waals surface area contributed by atoms with Gasteiger partial charge in [-0.15, -0.1) is 11.8 Å². The van der Waals surface area contributed by atoms with Gasteiger partial charge in [-0.1, -0.05) is 6.92 Å². The summed E-state index contributed by atoms with van der Waals surface area (Å²) >= 11 is 1.69. The first-order valence-electron chi connectivity index (χ1n) is 8.40. The quantitative estimate of drug-likeness (QED) is 0.782. The summed E-state index contributed by atoms with van der Waals surface area (Å²) in [6, 6.07) is 4.19. The Morgan fingerprint density at radius 2 is 2.14 bits per heavy atom. The number of amides is 1. The highest BCUT2D eigenvalue weighted by Crippen LogP contribution is 2.24. The summed E-state index contributed by atoms with van der Waals surface area (Å²) in [5.74, 6) is 1.16. The molecule has 0 aromatic carbocycles. The van der Waals surface area contributed by atoms with E-state index in [0.717, 1.165) is 42.3 Å². The van der Waals surface area contributed by atoms with E-state index in [0.29, 0.717) is 6.04 Å². The fourth-order valence-corrected chi connectivity index (χ4v) is 4.13. The van der Waals surface area contributed by atoms with Gasteiger partial charge >= 0.3 is 0 Å². The van der Waals surface area contributed by atoms with Crippen molar-refractivity contribution in [3.05, 3.63) is 23.9 Å². The van der Waals surface area contributed by atoms with Crippen molar-refractivity contribution >= 4 is 17.7 Å². The predicted octanol–water partition coefficient (Wildman–Crippen LogP) is 2.89. The maximum absolute atomic E-state index is 12.9. The summed E-state index contributed by atoms with van der Waals surface area (Å²) in [4.78, 5) is 21.8. The smallest absolute Gasteiger partial charge is 0.254 e. The van der Waals surface area contributed by atoms with E-state index < -0.39 is 0 Å². The van der Waals surface area contributed by atoms with Crippen molar-refractivity contribution < 1.29 is 4.79 Å². The van der Waals surface area contributed by atoms with Crippen molar-refractivity contribution in [2.75, 3.05) is 31.9 Å². The van der Waals surface area contributed by atoms with Crippen LogP contribution in [-0.4, -0.2) is 58.7 Å². The van der Waals surface area contributed by atoms with Gasteiger partial charge in [-0.25, -0.2) is 4.98 Å². The van der Waals surface area contributed by atoms with Crippen molar-refractivity contribution in [3.8, 4) is 0 Å². The van der Waals surface area contributed by atoms with Gasteiger partial charge in [0.15, 0.2) is 0 Å². The third kappa shape index (κ3) is 3.63. The monoisotopic (exact) mass is 319 g/mol. The zero-order valence-corrected chi connectivity index (χ0v) is 14.1. The van der Waals surface area contributed by atoms with Gasteiger partial charge in [0, 0.05) is 30.9 Å². The van der Waals surface area contributed by atoms with Crippen molar-refractivity contribution in [1.29, 1.82) is 0 Å². The third-order valence-corrected chi connectivity index (χ3v) is 5.39. The minimum Gasteiger partial charge on any atom is -0.334 e. The van der Waals surface area contributed by atoms with Crippen LogP contribution in [0.2, 0.25) is 0 Å². The first-order valence-corrected chi connectivity index (χ1v) is 9.38. The molecule has 0 saturated carbocycles. The number of nitrogens with zero attached hydrogens (tertiary/aromatic N) is 3. The van der Waals surface area contributed by atoms with Crippen LogP contribution >= 0.6 is 11.8 Å². The number of aromatic nitrogens is 1. The summed E-state index contributed by atoms with van der Waals surface area (Å²) in [7, 11) is 0.